The van der Waals surface area contributed by atoms with E-state index in [1.165, 1.54) is 81.9 Å². The monoisotopic (exact) mass is 303 g/mol. The number of para-hydroxylation sites is 1. The van der Waals surface area contributed by atoms with E-state index in [4.69, 9.17) is 0 Å². The molecule has 0 spiro atoms. The molecule has 1 rings (SSSR count). The van der Waals surface area contributed by atoms with Crippen molar-refractivity contribution in [2.75, 3.05) is 5.32 Å². The second kappa shape index (κ2) is 12.6. The molecule has 1 aromatic carbocycles. The number of nitrogens with one attached hydrogen (secondary N) is 1. The van der Waals surface area contributed by atoms with Gasteiger partial charge < -0.3 is 5.32 Å². The zero-order valence-electron chi connectivity index (χ0n) is 15.2. The molecule has 0 fully saturated rings. The van der Waals surface area contributed by atoms with Crippen LogP contribution in [0.2, 0.25) is 0 Å². The van der Waals surface area contributed by atoms with Crippen molar-refractivity contribution in [2.45, 2.75) is 97.4 Å². The summed E-state index contributed by atoms with van der Waals surface area (Å²) in [6.45, 7) is 6.70. The molecule has 1 heteroatoms. The minimum absolute atomic E-state index is 0.508. The van der Waals surface area contributed by atoms with Crippen LogP contribution in [0.25, 0.3) is 0 Å². The van der Waals surface area contributed by atoms with Crippen molar-refractivity contribution in [1.29, 1.82) is 0 Å². The van der Waals surface area contributed by atoms with Crippen LogP contribution in [0.15, 0.2) is 24.3 Å². The second-order valence-electron chi connectivity index (χ2n) is 6.89. The minimum atomic E-state index is 0.508. The summed E-state index contributed by atoms with van der Waals surface area (Å²) in [4.78, 5) is 0. The van der Waals surface area contributed by atoms with Gasteiger partial charge in [0.15, 0.2) is 0 Å². The zero-order valence-corrected chi connectivity index (χ0v) is 15.2. The Morgan fingerprint density at radius 2 is 1.32 bits per heavy atom. The first-order valence-corrected chi connectivity index (χ1v) is 9.58. The normalized spacial score (nSPS) is 11.1. The van der Waals surface area contributed by atoms with Crippen LogP contribution in [-0.4, -0.2) is 6.04 Å². The molecule has 22 heavy (non-hydrogen) atoms. The summed E-state index contributed by atoms with van der Waals surface area (Å²) in [6, 6.07) is 9.29. The lowest BCUT2D eigenvalue weighted by Crippen LogP contribution is -2.11. The first-order valence-electron chi connectivity index (χ1n) is 9.58. The first kappa shape index (κ1) is 19.1. The van der Waals surface area contributed by atoms with E-state index in [2.05, 4.69) is 50.4 Å². The van der Waals surface area contributed by atoms with Crippen molar-refractivity contribution < 1.29 is 0 Å². The van der Waals surface area contributed by atoms with Crippen LogP contribution in [0.3, 0.4) is 0 Å². The topological polar surface area (TPSA) is 12.0 Å². The number of unbranched alkanes of at least 4 members (excludes halogenated alkanes) is 9. The maximum absolute atomic E-state index is 3.56. The second-order valence-corrected chi connectivity index (χ2v) is 6.89. The molecule has 1 aromatic rings. The Kier molecular flexibility index (Phi) is 10.9. The predicted octanol–water partition coefficient (Wildman–Crippen LogP) is 6.97. The Morgan fingerprint density at radius 1 is 0.773 bits per heavy atom. The zero-order chi connectivity index (χ0) is 16.0. The molecule has 126 valence electrons. The molecule has 0 atom stereocenters. The van der Waals surface area contributed by atoms with Crippen LogP contribution in [0.5, 0.6) is 0 Å². The molecule has 1 nitrogen and oxygen atoms in total. The van der Waals surface area contributed by atoms with Crippen LogP contribution >= 0.6 is 0 Å². The number of benzene rings is 1. The molecule has 0 saturated heterocycles. The van der Waals surface area contributed by atoms with Gasteiger partial charge in [-0.05, 0) is 38.3 Å². The van der Waals surface area contributed by atoms with Gasteiger partial charge in [0.1, 0.15) is 0 Å². The van der Waals surface area contributed by atoms with E-state index >= 15 is 0 Å². The Labute approximate surface area is 138 Å². The van der Waals surface area contributed by atoms with Crippen molar-refractivity contribution in [3.05, 3.63) is 29.8 Å². The molecule has 0 aliphatic heterocycles. The molecule has 0 aromatic heterocycles. The van der Waals surface area contributed by atoms with Crippen molar-refractivity contribution in [2.24, 2.45) is 0 Å². The highest BCUT2D eigenvalue weighted by Crippen LogP contribution is 2.19. The fourth-order valence-electron chi connectivity index (χ4n) is 2.99. The van der Waals surface area contributed by atoms with E-state index < -0.39 is 0 Å². The maximum atomic E-state index is 3.56. The van der Waals surface area contributed by atoms with Gasteiger partial charge in [-0.1, -0.05) is 82.9 Å². The van der Waals surface area contributed by atoms with Gasteiger partial charge in [0, 0.05) is 11.7 Å². The summed E-state index contributed by atoms with van der Waals surface area (Å²) in [5, 5.41) is 3.56. The summed E-state index contributed by atoms with van der Waals surface area (Å²) >= 11 is 0. The van der Waals surface area contributed by atoms with Crippen molar-refractivity contribution in [3.63, 3.8) is 0 Å². The average molecular weight is 304 g/mol. The minimum Gasteiger partial charge on any atom is -0.383 e. The standard InChI is InChI=1S/C21H37N/c1-4-5-6-7-8-9-10-11-12-13-16-20-17-14-15-18-21(20)22-19(2)3/h14-15,17-19,22H,4-13,16H2,1-3H3. The van der Waals surface area contributed by atoms with Gasteiger partial charge in [0.25, 0.3) is 0 Å². The SMILES string of the molecule is CCCCCCCCCCCCc1ccccc1NC(C)C. The van der Waals surface area contributed by atoms with E-state index in [1.807, 2.05) is 0 Å². The van der Waals surface area contributed by atoms with Gasteiger partial charge in [-0.3, -0.25) is 0 Å². The molecular formula is C21H37N. The van der Waals surface area contributed by atoms with E-state index in [9.17, 15) is 0 Å². The molecule has 0 amide bonds. The average Bonchev–Trinajstić information content (AvgIpc) is 2.50. The molecule has 0 aliphatic rings. The summed E-state index contributed by atoms with van der Waals surface area (Å²) in [5.41, 5.74) is 2.81. The van der Waals surface area contributed by atoms with Crippen LogP contribution in [-0.2, 0) is 6.42 Å². The highest BCUT2D eigenvalue weighted by Gasteiger charge is 2.02. The molecule has 0 aliphatic carbocycles. The Bertz CT molecular complexity index is 370. The fraction of sp³-hybridized carbons (Fsp3) is 0.714. The molecule has 0 unspecified atom stereocenters. The Morgan fingerprint density at radius 3 is 1.91 bits per heavy atom. The predicted molar refractivity (Wildman–Crippen MR) is 101 cm³/mol. The third kappa shape index (κ3) is 9.12. The lowest BCUT2D eigenvalue weighted by Gasteiger charge is -2.14. The summed E-state index contributed by atoms with van der Waals surface area (Å²) < 4.78 is 0. The number of hydrogen-bond acceptors (Lipinski definition) is 1. The van der Waals surface area contributed by atoms with Gasteiger partial charge in [0.05, 0.1) is 0 Å². The van der Waals surface area contributed by atoms with E-state index in [0.29, 0.717) is 6.04 Å². The van der Waals surface area contributed by atoms with Gasteiger partial charge in [-0.15, -0.1) is 0 Å². The smallest absolute Gasteiger partial charge is 0.0374 e. The third-order valence-electron chi connectivity index (χ3n) is 4.26. The molecule has 0 bridgehead atoms. The van der Waals surface area contributed by atoms with Crippen molar-refractivity contribution in [1.82, 2.24) is 0 Å². The number of anilines is 1. The van der Waals surface area contributed by atoms with Gasteiger partial charge in [-0.2, -0.15) is 0 Å². The lowest BCUT2D eigenvalue weighted by atomic mass is 10.0. The van der Waals surface area contributed by atoms with E-state index in [1.54, 1.807) is 0 Å². The van der Waals surface area contributed by atoms with Crippen molar-refractivity contribution in [3.8, 4) is 0 Å². The van der Waals surface area contributed by atoms with Gasteiger partial charge >= 0.3 is 0 Å². The maximum Gasteiger partial charge on any atom is 0.0374 e. The van der Waals surface area contributed by atoms with E-state index in [-0.39, 0.29) is 0 Å². The summed E-state index contributed by atoms with van der Waals surface area (Å²) in [5.74, 6) is 0. The molecular weight excluding hydrogens is 266 g/mol. The van der Waals surface area contributed by atoms with Crippen molar-refractivity contribution >= 4 is 5.69 Å². The van der Waals surface area contributed by atoms with Crippen LogP contribution in [0.4, 0.5) is 5.69 Å². The highest BCUT2D eigenvalue weighted by molar-refractivity contribution is 5.51. The van der Waals surface area contributed by atoms with Crippen LogP contribution < -0.4 is 5.32 Å². The summed E-state index contributed by atoms with van der Waals surface area (Å²) in [7, 11) is 0. The summed E-state index contributed by atoms with van der Waals surface area (Å²) in [6.07, 6.45) is 15.3. The van der Waals surface area contributed by atoms with Gasteiger partial charge in [0.2, 0.25) is 0 Å². The largest absolute Gasteiger partial charge is 0.383 e. The third-order valence-corrected chi connectivity index (χ3v) is 4.26. The quantitative estimate of drug-likeness (QED) is 0.388. The molecule has 0 radical (unpaired) electrons. The number of hydrogen-bond donors (Lipinski definition) is 1. The number of rotatable bonds is 13. The van der Waals surface area contributed by atoms with Crippen LogP contribution in [0, 0.1) is 0 Å². The van der Waals surface area contributed by atoms with Gasteiger partial charge in [-0.25, -0.2) is 0 Å². The van der Waals surface area contributed by atoms with E-state index in [0.717, 1.165) is 0 Å². The molecule has 0 saturated carbocycles. The number of aryl methyl sites for hydroxylation is 1. The molecule has 1 N–H and O–H groups in total. The van der Waals surface area contributed by atoms with Crippen LogP contribution in [0.1, 0.15) is 90.5 Å². The Balaban J connectivity index is 2.07. The fourth-order valence-corrected chi connectivity index (χ4v) is 2.99. The highest BCUT2D eigenvalue weighted by atomic mass is 14.9. The lowest BCUT2D eigenvalue weighted by molar-refractivity contribution is 0.556. The Hall–Kier alpha value is -0.980. The molecule has 0 heterocycles. The first-order chi connectivity index (χ1) is 10.7.